The van der Waals surface area contributed by atoms with Crippen LogP contribution in [-0.4, -0.2) is 10.9 Å². The zero-order chi connectivity index (χ0) is 8.97. The van der Waals surface area contributed by atoms with Crippen LogP contribution in [0.25, 0.3) is 0 Å². The van der Waals surface area contributed by atoms with Gasteiger partial charge in [0.2, 0.25) is 0 Å². The van der Waals surface area contributed by atoms with E-state index in [1.807, 2.05) is 13.0 Å². The quantitative estimate of drug-likeness (QED) is 0.686. The molecule has 3 nitrogen and oxygen atoms in total. The van der Waals surface area contributed by atoms with E-state index in [-0.39, 0.29) is 5.78 Å². The van der Waals surface area contributed by atoms with Gasteiger partial charge in [-0.15, -0.1) is 0 Å². The summed E-state index contributed by atoms with van der Waals surface area (Å²) >= 11 is 0. The first-order valence-electron chi connectivity index (χ1n) is 4.16. The van der Waals surface area contributed by atoms with Crippen molar-refractivity contribution in [3.8, 4) is 0 Å². The minimum atomic E-state index is 0.185. The highest BCUT2D eigenvalue weighted by Gasteiger charge is 2.03. The molecule has 0 saturated heterocycles. The number of ketones is 1. The average molecular weight is 167 g/mol. The van der Waals surface area contributed by atoms with Crippen molar-refractivity contribution < 1.29 is 9.32 Å². The molecule has 0 fully saturated rings. The van der Waals surface area contributed by atoms with Crippen LogP contribution in [0.4, 0.5) is 0 Å². The average Bonchev–Trinajstić information content (AvgIpc) is 2.48. The Labute approximate surface area is 71.7 Å². The van der Waals surface area contributed by atoms with E-state index in [0.717, 1.165) is 17.9 Å². The van der Waals surface area contributed by atoms with Gasteiger partial charge >= 0.3 is 0 Å². The third kappa shape index (κ3) is 2.49. The fourth-order valence-corrected chi connectivity index (χ4v) is 0.939. The van der Waals surface area contributed by atoms with E-state index in [1.54, 1.807) is 6.92 Å². The monoisotopic (exact) mass is 167 g/mol. The first-order valence-corrected chi connectivity index (χ1v) is 4.16. The maximum atomic E-state index is 10.6. The minimum Gasteiger partial charge on any atom is -0.361 e. The Bertz CT molecular complexity index is 265. The van der Waals surface area contributed by atoms with E-state index in [0.29, 0.717) is 12.8 Å². The summed E-state index contributed by atoms with van der Waals surface area (Å²) in [5.41, 5.74) is 0.952. The number of nitrogens with zero attached hydrogens (tertiary/aromatic N) is 1. The maximum Gasteiger partial charge on any atom is 0.137 e. The Morgan fingerprint density at radius 1 is 1.67 bits per heavy atom. The van der Waals surface area contributed by atoms with Crippen molar-refractivity contribution in [3.05, 3.63) is 17.5 Å². The number of aromatic nitrogens is 1. The van der Waals surface area contributed by atoms with Gasteiger partial charge in [0, 0.05) is 18.9 Å². The van der Waals surface area contributed by atoms with Crippen LogP contribution < -0.4 is 0 Å². The largest absolute Gasteiger partial charge is 0.361 e. The SMILES string of the molecule is CCc1cc(CCC(C)=O)on1. The van der Waals surface area contributed by atoms with Crippen molar-refractivity contribution in [2.45, 2.75) is 33.1 Å². The van der Waals surface area contributed by atoms with Crippen LogP contribution >= 0.6 is 0 Å². The molecule has 1 aromatic rings. The lowest BCUT2D eigenvalue weighted by molar-refractivity contribution is -0.117. The second-order valence-corrected chi connectivity index (χ2v) is 2.84. The molecule has 1 aromatic heterocycles. The number of hydrogen-bond acceptors (Lipinski definition) is 3. The van der Waals surface area contributed by atoms with Crippen molar-refractivity contribution in [1.29, 1.82) is 0 Å². The molecule has 0 radical (unpaired) electrons. The number of carbonyl (C=O) groups excluding carboxylic acids is 1. The van der Waals surface area contributed by atoms with Crippen molar-refractivity contribution >= 4 is 5.78 Å². The van der Waals surface area contributed by atoms with Crippen LogP contribution in [0.2, 0.25) is 0 Å². The summed E-state index contributed by atoms with van der Waals surface area (Å²) in [7, 11) is 0. The Morgan fingerprint density at radius 3 is 2.92 bits per heavy atom. The van der Waals surface area contributed by atoms with Gasteiger partial charge in [0.05, 0.1) is 5.69 Å². The molecule has 0 aromatic carbocycles. The van der Waals surface area contributed by atoms with E-state index < -0.39 is 0 Å². The van der Waals surface area contributed by atoms with E-state index in [9.17, 15) is 4.79 Å². The van der Waals surface area contributed by atoms with Gasteiger partial charge in [0.25, 0.3) is 0 Å². The van der Waals surface area contributed by atoms with Crippen LogP contribution in [-0.2, 0) is 17.6 Å². The molecule has 0 aliphatic carbocycles. The predicted octanol–water partition coefficient (Wildman–Crippen LogP) is 1.76. The maximum absolute atomic E-state index is 10.6. The van der Waals surface area contributed by atoms with Gasteiger partial charge in [0.1, 0.15) is 11.5 Å². The molecule has 0 unspecified atom stereocenters. The van der Waals surface area contributed by atoms with E-state index >= 15 is 0 Å². The number of rotatable bonds is 4. The highest BCUT2D eigenvalue weighted by atomic mass is 16.5. The molecule has 0 aliphatic heterocycles. The summed E-state index contributed by atoms with van der Waals surface area (Å²) in [6.07, 6.45) is 2.09. The van der Waals surface area contributed by atoms with Crippen LogP contribution in [0.1, 0.15) is 31.7 Å². The third-order valence-corrected chi connectivity index (χ3v) is 1.69. The Balaban J connectivity index is 2.47. The van der Waals surface area contributed by atoms with Gasteiger partial charge in [-0.25, -0.2) is 0 Å². The van der Waals surface area contributed by atoms with Gasteiger partial charge < -0.3 is 9.32 Å². The summed E-state index contributed by atoms with van der Waals surface area (Å²) in [5.74, 6) is 0.992. The highest BCUT2D eigenvalue weighted by Crippen LogP contribution is 2.06. The summed E-state index contributed by atoms with van der Waals surface area (Å²) in [4.78, 5) is 10.6. The van der Waals surface area contributed by atoms with Crippen LogP contribution in [0, 0.1) is 0 Å². The topological polar surface area (TPSA) is 43.1 Å². The van der Waals surface area contributed by atoms with E-state index in [1.165, 1.54) is 0 Å². The molecule has 1 heterocycles. The van der Waals surface area contributed by atoms with Gasteiger partial charge in [-0.1, -0.05) is 12.1 Å². The van der Waals surface area contributed by atoms with Crippen molar-refractivity contribution in [1.82, 2.24) is 5.16 Å². The molecule has 0 N–H and O–H groups in total. The lowest BCUT2D eigenvalue weighted by Gasteiger charge is -1.88. The predicted molar refractivity (Wildman–Crippen MR) is 44.9 cm³/mol. The molecule has 3 heteroatoms. The third-order valence-electron chi connectivity index (χ3n) is 1.69. The fourth-order valence-electron chi connectivity index (χ4n) is 0.939. The normalized spacial score (nSPS) is 10.2. The summed E-state index contributed by atoms with van der Waals surface area (Å²) < 4.78 is 5.00. The molecule has 0 amide bonds. The van der Waals surface area contributed by atoms with Crippen LogP contribution in [0.3, 0.4) is 0 Å². The summed E-state index contributed by atoms with van der Waals surface area (Å²) in [5, 5.41) is 3.83. The van der Waals surface area contributed by atoms with Gasteiger partial charge in [-0.3, -0.25) is 0 Å². The van der Waals surface area contributed by atoms with Crippen molar-refractivity contribution in [3.63, 3.8) is 0 Å². The molecule has 0 saturated carbocycles. The number of aryl methyl sites for hydroxylation is 2. The van der Waals surface area contributed by atoms with Crippen LogP contribution in [0.5, 0.6) is 0 Å². The first-order chi connectivity index (χ1) is 5.72. The van der Waals surface area contributed by atoms with Gasteiger partial charge in [-0.2, -0.15) is 0 Å². The Hall–Kier alpha value is -1.12. The van der Waals surface area contributed by atoms with E-state index in [2.05, 4.69) is 5.16 Å². The molecule has 1 rings (SSSR count). The molecule has 0 spiro atoms. The highest BCUT2D eigenvalue weighted by molar-refractivity contribution is 5.75. The second kappa shape index (κ2) is 4.04. The lowest BCUT2D eigenvalue weighted by Crippen LogP contribution is -1.92. The van der Waals surface area contributed by atoms with E-state index in [4.69, 9.17) is 4.52 Å². The summed E-state index contributed by atoms with van der Waals surface area (Å²) in [6.45, 7) is 3.60. The van der Waals surface area contributed by atoms with Gasteiger partial charge in [0.15, 0.2) is 0 Å². The zero-order valence-corrected chi connectivity index (χ0v) is 7.46. The Kier molecular flexibility index (Phi) is 3.02. The molecule has 0 atom stereocenters. The van der Waals surface area contributed by atoms with Gasteiger partial charge in [-0.05, 0) is 13.3 Å². The second-order valence-electron chi connectivity index (χ2n) is 2.84. The molecular weight excluding hydrogens is 154 g/mol. The number of Topliss-reactive ketones (excluding diaryl/α,β-unsaturated/α-hetero) is 1. The lowest BCUT2D eigenvalue weighted by atomic mass is 10.2. The zero-order valence-electron chi connectivity index (χ0n) is 7.46. The molecule has 12 heavy (non-hydrogen) atoms. The molecular formula is C9H13NO2. The number of carbonyl (C=O) groups is 1. The minimum absolute atomic E-state index is 0.185. The smallest absolute Gasteiger partial charge is 0.137 e. The number of hydrogen-bond donors (Lipinski definition) is 0. The Morgan fingerprint density at radius 2 is 2.42 bits per heavy atom. The standard InChI is InChI=1S/C9H13NO2/c1-3-8-6-9(12-10-8)5-4-7(2)11/h6H,3-5H2,1-2H3. The molecule has 0 aliphatic rings. The fraction of sp³-hybridized carbons (Fsp3) is 0.556. The first kappa shape index (κ1) is 8.97. The summed E-state index contributed by atoms with van der Waals surface area (Å²) in [6, 6.07) is 1.91. The van der Waals surface area contributed by atoms with Crippen molar-refractivity contribution in [2.24, 2.45) is 0 Å². The van der Waals surface area contributed by atoms with Crippen molar-refractivity contribution in [2.75, 3.05) is 0 Å². The van der Waals surface area contributed by atoms with Crippen LogP contribution in [0.15, 0.2) is 10.6 Å². The molecule has 66 valence electrons. The molecule has 0 bridgehead atoms.